The van der Waals surface area contributed by atoms with Crippen molar-refractivity contribution in [1.82, 2.24) is 9.62 Å². The molecule has 7 nitrogen and oxygen atoms in total. The normalized spacial score (nSPS) is 11.4. The number of esters is 1. The van der Waals surface area contributed by atoms with Gasteiger partial charge in [-0.3, -0.25) is 9.59 Å². The molecule has 0 aromatic heterocycles. The molecule has 0 spiro atoms. The van der Waals surface area contributed by atoms with Crippen molar-refractivity contribution in [2.24, 2.45) is 0 Å². The zero-order chi connectivity index (χ0) is 22.3. The minimum atomic E-state index is -3.99. The Morgan fingerprint density at radius 1 is 1.07 bits per heavy atom. The first-order chi connectivity index (χ1) is 14.1. The van der Waals surface area contributed by atoms with Gasteiger partial charge in [0.1, 0.15) is 6.54 Å². The molecule has 0 atom stereocenters. The molecule has 30 heavy (non-hydrogen) atoms. The molecule has 0 aliphatic heterocycles. The third-order valence-electron chi connectivity index (χ3n) is 4.10. The van der Waals surface area contributed by atoms with Crippen molar-refractivity contribution in [2.75, 3.05) is 13.2 Å². The van der Waals surface area contributed by atoms with Crippen LogP contribution in [0.3, 0.4) is 0 Å². The smallest absolute Gasteiger partial charge is 0.321 e. The second kappa shape index (κ2) is 10.8. The van der Waals surface area contributed by atoms with Crippen LogP contribution in [0, 0.1) is 0 Å². The van der Waals surface area contributed by atoms with E-state index in [0.717, 1.165) is 5.56 Å². The van der Waals surface area contributed by atoms with Crippen molar-refractivity contribution in [1.29, 1.82) is 0 Å². The van der Waals surface area contributed by atoms with E-state index in [9.17, 15) is 18.0 Å². The van der Waals surface area contributed by atoms with Crippen LogP contribution in [0.25, 0.3) is 0 Å². The van der Waals surface area contributed by atoms with Gasteiger partial charge in [-0.05, 0) is 37.6 Å². The van der Waals surface area contributed by atoms with Crippen molar-refractivity contribution < 1.29 is 22.7 Å². The lowest BCUT2D eigenvalue weighted by Crippen LogP contribution is -2.40. The summed E-state index contributed by atoms with van der Waals surface area (Å²) in [5.41, 5.74) is 0.945. The zero-order valence-corrected chi connectivity index (χ0v) is 18.8. The number of hydrogen-bond donors (Lipinski definition) is 1. The molecule has 0 aliphatic carbocycles. The topological polar surface area (TPSA) is 92.8 Å². The van der Waals surface area contributed by atoms with E-state index in [4.69, 9.17) is 27.9 Å². The highest BCUT2D eigenvalue weighted by atomic mass is 35.5. The Morgan fingerprint density at radius 3 is 2.33 bits per heavy atom. The average Bonchev–Trinajstić information content (AvgIpc) is 2.71. The van der Waals surface area contributed by atoms with Crippen molar-refractivity contribution in [3.63, 3.8) is 0 Å². The monoisotopic (exact) mass is 472 g/mol. The van der Waals surface area contributed by atoms with Gasteiger partial charge in [0.05, 0.1) is 14.9 Å². The fourth-order valence-corrected chi connectivity index (χ4v) is 3.85. The van der Waals surface area contributed by atoms with Crippen molar-refractivity contribution in [2.45, 2.75) is 31.3 Å². The van der Waals surface area contributed by atoms with Gasteiger partial charge in [0.2, 0.25) is 10.0 Å². The highest BCUT2D eigenvalue weighted by Crippen LogP contribution is 2.24. The number of sulfonamides is 1. The molecule has 10 heteroatoms. The highest BCUT2D eigenvalue weighted by Gasteiger charge is 2.21. The van der Waals surface area contributed by atoms with Gasteiger partial charge in [-0.1, -0.05) is 53.5 Å². The van der Waals surface area contributed by atoms with Gasteiger partial charge in [-0.2, -0.15) is 4.72 Å². The lowest BCUT2D eigenvalue weighted by Gasteiger charge is -2.26. The molecule has 0 heterocycles. The van der Waals surface area contributed by atoms with E-state index in [1.165, 1.54) is 18.2 Å². The molecule has 2 aromatic carbocycles. The predicted octanol–water partition coefficient (Wildman–Crippen LogP) is 3.25. The Labute approximate surface area is 186 Å². The number of rotatable bonds is 9. The number of carbonyl (C=O) groups excluding carboxylic acids is 2. The summed E-state index contributed by atoms with van der Waals surface area (Å²) < 4.78 is 31.5. The maximum absolute atomic E-state index is 12.5. The Kier molecular flexibility index (Phi) is 8.66. The standard InChI is InChI=1S/C20H22Cl2N2O5S/c1-14(2)24(12-15-6-4-3-5-7-15)19(25)13-29-20(26)11-23-30(27,28)16-8-9-17(21)18(22)10-16/h3-10,14,23H,11-13H2,1-2H3. The third kappa shape index (κ3) is 6.98. The van der Waals surface area contributed by atoms with Crippen molar-refractivity contribution >= 4 is 45.1 Å². The number of benzene rings is 2. The summed E-state index contributed by atoms with van der Waals surface area (Å²) in [7, 11) is -3.99. The number of nitrogens with one attached hydrogen (secondary N) is 1. The first kappa shape index (κ1) is 24.1. The number of halogens is 2. The van der Waals surface area contributed by atoms with Crippen LogP contribution in [0.15, 0.2) is 53.4 Å². The lowest BCUT2D eigenvalue weighted by atomic mass is 10.2. The molecule has 2 aromatic rings. The predicted molar refractivity (Wildman–Crippen MR) is 115 cm³/mol. The summed E-state index contributed by atoms with van der Waals surface area (Å²) in [6.07, 6.45) is 0. The Hall–Kier alpha value is -2.13. The number of nitrogens with zero attached hydrogens (tertiary/aromatic N) is 1. The van der Waals surface area contributed by atoms with Gasteiger partial charge >= 0.3 is 5.97 Å². The number of carbonyl (C=O) groups is 2. The van der Waals surface area contributed by atoms with Crippen molar-refractivity contribution in [3.8, 4) is 0 Å². The highest BCUT2D eigenvalue weighted by molar-refractivity contribution is 7.89. The van der Waals surface area contributed by atoms with E-state index in [2.05, 4.69) is 4.72 Å². The minimum absolute atomic E-state index is 0.0694. The van der Waals surface area contributed by atoms with E-state index in [0.29, 0.717) is 6.54 Å². The van der Waals surface area contributed by atoms with E-state index >= 15 is 0 Å². The van der Waals surface area contributed by atoms with Gasteiger partial charge in [0.25, 0.3) is 5.91 Å². The van der Waals surface area contributed by atoms with Crippen LogP contribution in [-0.2, 0) is 30.9 Å². The first-order valence-electron chi connectivity index (χ1n) is 9.04. The molecule has 0 radical (unpaired) electrons. The number of amides is 1. The van der Waals surface area contributed by atoms with Gasteiger partial charge in [0, 0.05) is 12.6 Å². The van der Waals surface area contributed by atoms with Gasteiger partial charge in [-0.25, -0.2) is 8.42 Å². The van der Waals surface area contributed by atoms with E-state index in [1.807, 2.05) is 44.2 Å². The second-order valence-electron chi connectivity index (χ2n) is 6.66. The van der Waals surface area contributed by atoms with Crippen LogP contribution in [0.2, 0.25) is 10.0 Å². The van der Waals surface area contributed by atoms with E-state index in [1.54, 1.807) is 4.90 Å². The van der Waals surface area contributed by atoms with E-state index in [-0.39, 0.29) is 26.9 Å². The minimum Gasteiger partial charge on any atom is -0.455 e. The van der Waals surface area contributed by atoms with Crippen LogP contribution in [0.4, 0.5) is 0 Å². The quantitative estimate of drug-likeness (QED) is 0.565. The maximum atomic E-state index is 12.5. The number of ether oxygens (including phenoxy) is 1. The van der Waals surface area contributed by atoms with Crippen LogP contribution in [0.1, 0.15) is 19.4 Å². The number of hydrogen-bond acceptors (Lipinski definition) is 5. The average molecular weight is 473 g/mol. The summed E-state index contributed by atoms with van der Waals surface area (Å²) in [6.45, 7) is 2.97. The van der Waals surface area contributed by atoms with E-state index < -0.39 is 29.1 Å². The summed E-state index contributed by atoms with van der Waals surface area (Å²) >= 11 is 11.6. The lowest BCUT2D eigenvalue weighted by molar-refractivity contribution is -0.152. The summed E-state index contributed by atoms with van der Waals surface area (Å²) in [4.78, 5) is 25.8. The van der Waals surface area contributed by atoms with Gasteiger partial charge in [-0.15, -0.1) is 0 Å². The summed E-state index contributed by atoms with van der Waals surface area (Å²) in [6, 6.07) is 13.1. The molecule has 0 aliphatic rings. The van der Waals surface area contributed by atoms with Crippen LogP contribution in [0.5, 0.6) is 0 Å². The first-order valence-corrected chi connectivity index (χ1v) is 11.3. The third-order valence-corrected chi connectivity index (χ3v) is 6.24. The molecule has 1 amide bonds. The van der Waals surface area contributed by atoms with Crippen molar-refractivity contribution in [3.05, 3.63) is 64.1 Å². The Bertz CT molecular complexity index is 998. The fourth-order valence-electron chi connectivity index (χ4n) is 2.50. The van der Waals surface area contributed by atoms with Crippen LogP contribution >= 0.6 is 23.2 Å². The summed E-state index contributed by atoms with van der Waals surface area (Å²) in [5, 5.41) is 0.277. The SMILES string of the molecule is CC(C)N(Cc1ccccc1)C(=O)COC(=O)CNS(=O)(=O)c1ccc(Cl)c(Cl)c1. The van der Waals surface area contributed by atoms with Gasteiger partial charge < -0.3 is 9.64 Å². The molecular formula is C20H22Cl2N2O5S. The second-order valence-corrected chi connectivity index (χ2v) is 9.24. The molecular weight excluding hydrogens is 451 g/mol. The molecule has 0 fully saturated rings. The molecule has 0 saturated heterocycles. The molecule has 0 bridgehead atoms. The Balaban J connectivity index is 1.89. The zero-order valence-electron chi connectivity index (χ0n) is 16.5. The largest absolute Gasteiger partial charge is 0.455 e. The molecule has 162 valence electrons. The molecule has 1 N–H and O–H groups in total. The molecule has 0 saturated carbocycles. The maximum Gasteiger partial charge on any atom is 0.321 e. The molecule has 0 unspecified atom stereocenters. The van der Waals surface area contributed by atoms with Crippen LogP contribution < -0.4 is 4.72 Å². The van der Waals surface area contributed by atoms with Gasteiger partial charge in [0.15, 0.2) is 6.61 Å². The van der Waals surface area contributed by atoms with Crippen LogP contribution in [-0.4, -0.2) is 44.4 Å². The fraction of sp³-hybridized carbons (Fsp3) is 0.300. The Morgan fingerprint density at radius 2 is 1.73 bits per heavy atom. The molecule has 2 rings (SSSR count). The summed E-state index contributed by atoms with van der Waals surface area (Å²) in [5.74, 6) is -1.26.